The summed E-state index contributed by atoms with van der Waals surface area (Å²) >= 11 is 0. The van der Waals surface area contributed by atoms with Gasteiger partial charge < -0.3 is 14.2 Å². The van der Waals surface area contributed by atoms with Crippen molar-refractivity contribution in [3.05, 3.63) is 85.1 Å². The maximum atomic E-state index is 12.8. The lowest BCUT2D eigenvalue weighted by molar-refractivity contribution is -0.167. The van der Waals surface area contributed by atoms with Gasteiger partial charge in [0.25, 0.3) is 0 Å². The van der Waals surface area contributed by atoms with Crippen LogP contribution < -0.4 is 0 Å². The van der Waals surface area contributed by atoms with Crippen molar-refractivity contribution >= 4 is 17.9 Å². The Morgan fingerprint density at radius 1 is 0.373 bits per heavy atom. The minimum atomic E-state index is -0.802. The van der Waals surface area contributed by atoms with Crippen molar-refractivity contribution in [2.45, 2.75) is 219 Å². The van der Waals surface area contributed by atoms with Gasteiger partial charge in [0, 0.05) is 19.3 Å². The normalized spacial score (nSPS) is 12.8. The van der Waals surface area contributed by atoms with Crippen molar-refractivity contribution in [3.8, 4) is 0 Å². The van der Waals surface area contributed by atoms with Gasteiger partial charge >= 0.3 is 17.9 Å². The van der Waals surface area contributed by atoms with Crippen molar-refractivity contribution < 1.29 is 28.6 Å². The minimum absolute atomic E-state index is 0.100. The Morgan fingerprint density at radius 3 is 1.25 bits per heavy atom. The highest BCUT2D eigenvalue weighted by molar-refractivity contribution is 5.71. The van der Waals surface area contributed by atoms with Crippen LogP contribution in [0.25, 0.3) is 0 Å². The third kappa shape index (κ3) is 45.5. The molecule has 0 aliphatic heterocycles. The topological polar surface area (TPSA) is 78.9 Å². The summed E-state index contributed by atoms with van der Waals surface area (Å²) in [6, 6.07) is 0. The lowest BCUT2D eigenvalue weighted by atomic mass is 10.1. The molecule has 0 aromatic rings. The average Bonchev–Trinajstić information content (AvgIpc) is 3.23. The van der Waals surface area contributed by atoms with Gasteiger partial charge in [-0.25, -0.2) is 0 Å². The number of hydrogen-bond donors (Lipinski definition) is 0. The van der Waals surface area contributed by atoms with E-state index in [0.717, 1.165) is 103 Å². The highest BCUT2D eigenvalue weighted by Crippen LogP contribution is 2.13. The zero-order valence-electron chi connectivity index (χ0n) is 38.2. The maximum absolute atomic E-state index is 12.8. The predicted octanol–water partition coefficient (Wildman–Crippen LogP) is 15.6. The van der Waals surface area contributed by atoms with E-state index in [-0.39, 0.29) is 31.1 Å². The van der Waals surface area contributed by atoms with Gasteiger partial charge in [-0.05, 0) is 89.9 Å². The van der Waals surface area contributed by atoms with Gasteiger partial charge in [0.15, 0.2) is 6.10 Å². The SMILES string of the molecule is CC/C=C/C=C/C=C/C=C/CCCCCC(=O)OCC(COC(=O)CCCCCCCCC/C=C/C/C=C/CC)OC(=O)CCCCC/C=C/CCCCCCCCC. The van der Waals surface area contributed by atoms with Crippen LogP contribution in [0.1, 0.15) is 213 Å². The summed E-state index contributed by atoms with van der Waals surface area (Å²) in [5.41, 5.74) is 0. The number of carbonyl (C=O) groups is 3. The molecule has 0 fully saturated rings. The molecular weight excluding hydrogens is 733 g/mol. The maximum Gasteiger partial charge on any atom is 0.306 e. The second-order valence-electron chi connectivity index (χ2n) is 15.7. The fourth-order valence-electron chi connectivity index (χ4n) is 6.37. The molecule has 0 heterocycles. The van der Waals surface area contributed by atoms with Crippen LogP contribution in [0.3, 0.4) is 0 Å². The molecule has 0 spiro atoms. The van der Waals surface area contributed by atoms with Crippen molar-refractivity contribution in [2.75, 3.05) is 13.2 Å². The molecule has 0 saturated heterocycles. The predicted molar refractivity (Wildman–Crippen MR) is 251 cm³/mol. The molecule has 1 atom stereocenters. The Hall–Kier alpha value is -3.41. The smallest absolute Gasteiger partial charge is 0.306 e. The van der Waals surface area contributed by atoms with E-state index in [0.29, 0.717) is 19.3 Å². The van der Waals surface area contributed by atoms with Crippen molar-refractivity contribution in [1.82, 2.24) is 0 Å². The molecule has 336 valence electrons. The first-order valence-corrected chi connectivity index (χ1v) is 24.1. The number of rotatable bonds is 42. The number of unbranched alkanes of at least 4 members (excludes halogenated alkanes) is 20. The number of allylic oxidation sites excluding steroid dienone is 14. The van der Waals surface area contributed by atoms with Gasteiger partial charge in [0.1, 0.15) is 13.2 Å². The Bertz CT molecular complexity index is 1170. The van der Waals surface area contributed by atoms with Gasteiger partial charge in [-0.1, -0.05) is 189 Å². The van der Waals surface area contributed by atoms with Crippen LogP contribution >= 0.6 is 0 Å². The Morgan fingerprint density at radius 2 is 0.746 bits per heavy atom. The molecule has 59 heavy (non-hydrogen) atoms. The van der Waals surface area contributed by atoms with Gasteiger partial charge in [-0.3, -0.25) is 14.4 Å². The quantitative estimate of drug-likeness (QED) is 0.0201. The number of ether oxygens (including phenoxy) is 3. The standard InChI is InChI=1S/C53H88O6/c1-4-7-10-13-16-19-22-25-28-31-34-37-40-43-46-52(55)58-49-50(48-57-51(54)45-42-39-36-33-30-27-24-21-18-15-12-9-6-3)59-53(56)47-44-41-38-35-32-29-26-23-20-17-14-11-8-5-2/h7,9-10,12,15-16,18-19,21,24,27,29-30,32,50H,4-6,8,11,13-14,17,20,22-23,25-26,28,31,33-49H2,1-3H3/b10-7+,12-9+,18-15+,19-16+,24-21+,30-27+,32-29+. The van der Waals surface area contributed by atoms with E-state index in [1.54, 1.807) is 0 Å². The largest absolute Gasteiger partial charge is 0.462 e. The summed E-state index contributed by atoms with van der Waals surface area (Å²) in [6.45, 7) is 6.32. The monoisotopic (exact) mass is 821 g/mol. The summed E-state index contributed by atoms with van der Waals surface area (Å²) in [5.74, 6) is -0.969. The van der Waals surface area contributed by atoms with Gasteiger partial charge in [-0.2, -0.15) is 0 Å². The molecule has 0 saturated carbocycles. The zero-order valence-corrected chi connectivity index (χ0v) is 38.2. The van der Waals surface area contributed by atoms with E-state index in [1.165, 1.54) is 70.6 Å². The molecule has 1 unspecified atom stereocenters. The molecule has 0 aromatic heterocycles. The minimum Gasteiger partial charge on any atom is -0.462 e. The first kappa shape index (κ1) is 55.6. The molecule has 0 aliphatic rings. The first-order chi connectivity index (χ1) is 29.0. The third-order valence-electron chi connectivity index (χ3n) is 9.96. The molecule has 0 aromatic carbocycles. The van der Waals surface area contributed by atoms with Gasteiger partial charge in [0.05, 0.1) is 0 Å². The van der Waals surface area contributed by atoms with Crippen LogP contribution in [-0.4, -0.2) is 37.2 Å². The lowest BCUT2D eigenvalue weighted by Crippen LogP contribution is -2.30. The van der Waals surface area contributed by atoms with Crippen LogP contribution in [0, 0.1) is 0 Å². The summed E-state index contributed by atoms with van der Waals surface area (Å²) in [7, 11) is 0. The molecule has 0 radical (unpaired) electrons. The fraction of sp³-hybridized carbons (Fsp3) is 0.679. The van der Waals surface area contributed by atoms with E-state index >= 15 is 0 Å². The molecule has 6 heteroatoms. The average molecular weight is 821 g/mol. The Labute approximate surface area is 363 Å². The van der Waals surface area contributed by atoms with E-state index in [4.69, 9.17) is 14.2 Å². The summed E-state index contributed by atoms with van der Waals surface area (Å²) in [6.07, 6.45) is 59.9. The highest BCUT2D eigenvalue weighted by Gasteiger charge is 2.19. The Kier molecular flexibility index (Phi) is 44.5. The summed E-state index contributed by atoms with van der Waals surface area (Å²) in [5, 5.41) is 0. The van der Waals surface area contributed by atoms with E-state index in [1.807, 2.05) is 36.5 Å². The first-order valence-electron chi connectivity index (χ1n) is 24.1. The van der Waals surface area contributed by atoms with E-state index < -0.39 is 6.10 Å². The molecule has 0 rings (SSSR count). The van der Waals surface area contributed by atoms with Gasteiger partial charge in [-0.15, -0.1) is 0 Å². The van der Waals surface area contributed by atoms with Crippen LogP contribution in [0.2, 0.25) is 0 Å². The lowest BCUT2D eigenvalue weighted by Gasteiger charge is -2.18. The fourth-order valence-corrected chi connectivity index (χ4v) is 6.37. The third-order valence-corrected chi connectivity index (χ3v) is 9.96. The van der Waals surface area contributed by atoms with Crippen molar-refractivity contribution in [1.29, 1.82) is 0 Å². The molecule has 0 bridgehead atoms. The van der Waals surface area contributed by atoms with E-state index in [9.17, 15) is 14.4 Å². The van der Waals surface area contributed by atoms with Gasteiger partial charge in [0.2, 0.25) is 0 Å². The molecule has 6 nitrogen and oxygen atoms in total. The number of esters is 3. The summed E-state index contributed by atoms with van der Waals surface area (Å²) < 4.78 is 16.7. The van der Waals surface area contributed by atoms with Crippen LogP contribution in [0.4, 0.5) is 0 Å². The molecule has 0 amide bonds. The van der Waals surface area contributed by atoms with Crippen LogP contribution in [0.15, 0.2) is 85.1 Å². The van der Waals surface area contributed by atoms with Crippen molar-refractivity contribution in [3.63, 3.8) is 0 Å². The highest BCUT2D eigenvalue weighted by atomic mass is 16.6. The molecule has 0 N–H and O–H groups in total. The van der Waals surface area contributed by atoms with E-state index in [2.05, 4.69) is 69.4 Å². The number of hydrogen-bond acceptors (Lipinski definition) is 6. The van der Waals surface area contributed by atoms with Crippen LogP contribution in [-0.2, 0) is 28.6 Å². The summed E-state index contributed by atoms with van der Waals surface area (Å²) in [4.78, 5) is 37.8. The Balaban J connectivity index is 4.48. The van der Waals surface area contributed by atoms with Crippen molar-refractivity contribution in [2.24, 2.45) is 0 Å². The molecular formula is C53H88O6. The second kappa shape index (κ2) is 47.3. The second-order valence-corrected chi connectivity index (χ2v) is 15.7. The molecule has 0 aliphatic carbocycles. The number of carbonyl (C=O) groups excluding carboxylic acids is 3. The van der Waals surface area contributed by atoms with Crippen LogP contribution in [0.5, 0.6) is 0 Å². The zero-order chi connectivity index (χ0) is 43.0.